The SMILES string of the molecule is COc1ccc(C2CC(C)OC2=O)cc1. The van der Waals surface area contributed by atoms with E-state index in [0.29, 0.717) is 0 Å². The number of carbonyl (C=O) groups excluding carboxylic acids is 1. The summed E-state index contributed by atoms with van der Waals surface area (Å²) in [5.41, 5.74) is 1.00. The summed E-state index contributed by atoms with van der Waals surface area (Å²) >= 11 is 0. The van der Waals surface area contributed by atoms with Crippen molar-refractivity contribution in [2.24, 2.45) is 0 Å². The summed E-state index contributed by atoms with van der Waals surface area (Å²) in [7, 11) is 1.63. The molecule has 0 spiro atoms. The van der Waals surface area contributed by atoms with Crippen molar-refractivity contribution in [2.45, 2.75) is 25.4 Å². The maximum absolute atomic E-state index is 11.5. The van der Waals surface area contributed by atoms with E-state index in [2.05, 4.69) is 0 Å². The van der Waals surface area contributed by atoms with Crippen LogP contribution in [0.3, 0.4) is 0 Å². The van der Waals surface area contributed by atoms with Crippen LogP contribution in [-0.4, -0.2) is 19.2 Å². The summed E-state index contributed by atoms with van der Waals surface area (Å²) in [6.07, 6.45) is 0.801. The Hall–Kier alpha value is -1.51. The predicted molar refractivity (Wildman–Crippen MR) is 55.9 cm³/mol. The molecule has 80 valence electrons. The Morgan fingerprint density at radius 2 is 2.00 bits per heavy atom. The molecule has 3 nitrogen and oxygen atoms in total. The van der Waals surface area contributed by atoms with E-state index < -0.39 is 0 Å². The average Bonchev–Trinajstić information content (AvgIpc) is 2.58. The lowest BCUT2D eigenvalue weighted by Gasteiger charge is -2.06. The molecule has 0 aromatic heterocycles. The van der Waals surface area contributed by atoms with E-state index in [1.54, 1.807) is 7.11 Å². The lowest BCUT2D eigenvalue weighted by molar-refractivity contribution is -0.141. The van der Waals surface area contributed by atoms with Crippen LogP contribution in [0, 0.1) is 0 Å². The first-order chi connectivity index (χ1) is 7.20. The number of hydrogen-bond acceptors (Lipinski definition) is 3. The van der Waals surface area contributed by atoms with Gasteiger partial charge in [0.05, 0.1) is 13.0 Å². The molecule has 0 aliphatic carbocycles. The van der Waals surface area contributed by atoms with Gasteiger partial charge in [-0.3, -0.25) is 4.79 Å². The summed E-state index contributed by atoms with van der Waals surface area (Å²) in [5, 5.41) is 0. The molecule has 0 bridgehead atoms. The Morgan fingerprint density at radius 1 is 1.33 bits per heavy atom. The summed E-state index contributed by atoms with van der Waals surface area (Å²) in [6.45, 7) is 1.92. The number of benzene rings is 1. The molecule has 2 unspecified atom stereocenters. The molecular weight excluding hydrogens is 192 g/mol. The van der Waals surface area contributed by atoms with E-state index in [1.165, 1.54) is 0 Å². The first-order valence-corrected chi connectivity index (χ1v) is 5.05. The fourth-order valence-corrected chi connectivity index (χ4v) is 1.87. The van der Waals surface area contributed by atoms with Crippen LogP contribution in [0.15, 0.2) is 24.3 Å². The van der Waals surface area contributed by atoms with Gasteiger partial charge in [0.1, 0.15) is 11.9 Å². The van der Waals surface area contributed by atoms with Gasteiger partial charge in [-0.05, 0) is 24.6 Å². The molecule has 0 radical (unpaired) electrons. The molecule has 15 heavy (non-hydrogen) atoms. The molecule has 1 saturated heterocycles. The smallest absolute Gasteiger partial charge is 0.313 e. The highest BCUT2D eigenvalue weighted by Gasteiger charge is 2.32. The molecule has 0 saturated carbocycles. The van der Waals surface area contributed by atoms with Crippen LogP contribution in [0.25, 0.3) is 0 Å². The minimum Gasteiger partial charge on any atom is -0.497 e. The molecule has 1 aliphatic heterocycles. The Morgan fingerprint density at radius 3 is 2.47 bits per heavy atom. The van der Waals surface area contributed by atoms with Gasteiger partial charge >= 0.3 is 5.97 Å². The minimum atomic E-state index is -0.118. The number of methoxy groups -OCH3 is 1. The molecule has 0 N–H and O–H groups in total. The van der Waals surface area contributed by atoms with Crippen LogP contribution < -0.4 is 4.74 Å². The number of rotatable bonds is 2. The number of carbonyl (C=O) groups is 1. The van der Waals surface area contributed by atoms with E-state index in [0.717, 1.165) is 17.7 Å². The van der Waals surface area contributed by atoms with Crippen LogP contribution in [0.1, 0.15) is 24.8 Å². The highest BCUT2D eigenvalue weighted by molar-refractivity contribution is 5.80. The van der Waals surface area contributed by atoms with Crippen LogP contribution in [0.4, 0.5) is 0 Å². The van der Waals surface area contributed by atoms with Crippen molar-refractivity contribution in [2.75, 3.05) is 7.11 Å². The van der Waals surface area contributed by atoms with Gasteiger partial charge < -0.3 is 9.47 Å². The third-order valence-corrected chi connectivity index (χ3v) is 2.69. The number of ether oxygens (including phenoxy) is 2. The predicted octanol–water partition coefficient (Wildman–Crippen LogP) is 2.11. The van der Waals surface area contributed by atoms with Crippen molar-refractivity contribution in [3.8, 4) is 5.75 Å². The first kappa shape index (κ1) is 10.0. The summed E-state index contributed by atoms with van der Waals surface area (Å²) in [4.78, 5) is 11.5. The Labute approximate surface area is 89.0 Å². The lowest BCUT2D eigenvalue weighted by atomic mass is 9.96. The fourth-order valence-electron chi connectivity index (χ4n) is 1.87. The Kier molecular flexibility index (Phi) is 2.62. The number of cyclic esters (lactones) is 1. The van der Waals surface area contributed by atoms with Gasteiger partial charge in [-0.15, -0.1) is 0 Å². The summed E-state index contributed by atoms with van der Waals surface area (Å²) < 4.78 is 10.2. The van der Waals surface area contributed by atoms with E-state index in [1.807, 2.05) is 31.2 Å². The molecule has 1 fully saturated rings. The van der Waals surface area contributed by atoms with Crippen LogP contribution in [0.2, 0.25) is 0 Å². The standard InChI is InChI=1S/C12H14O3/c1-8-7-11(12(13)15-8)9-3-5-10(14-2)6-4-9/h3-6,8,11H,7H2,1-2H3. The van der Waals surface area contributed by atoms with Gasteiger partial charge in [0.15, 0.2) is 0 Å². The summed E-state index contributed by atoms with van der Waals surface area (Å²) in [6, 6.07) is 7.57. The molecular formula is C12H14O3. The van der Waals surface area contributed by atoms with Crippen LogP contribution >= 0.6 is 0 Å². The van der Waals surface area contributed by atoms with Crippen LogP contribution in [-0.2, 0) is 9.53 Å². The van der Waals surface area contributed by atoms with Gasteiger partial charge in [-0.2, -0.15) is 0 Å². The Balaban J connectivity index is 2.19. The highest BCUT2D eigenvalue weighted by Crippen LogP contribution is 2.31. The minimum absolute atomic E-state index is 0.0320. The third-order valence-electron chi connectivity index (χ3n) is 2.69. The highest BCUT2D eigenvalue weighted by atomic mass is 16.5. The van der Waals surface area contributed by atoms with Crippen molar-refractivity contribution < 1.29 is 14.3 Å². The van der Waals surface area contributed by atoms with Crippen molar-refractivity contribution in [1.29, 1.82) is 0 Å². The lowest BCUT2D eigenvalue weighted by Crippen LogP contribution is -2.05. The van der Waals surface area contributed by atoms with E-state index in [9.17, 15) is 4.79 Å². The first-order valence-electron chi connectivity index (χ1n) is 5.05. The number of hydrogen-bond donors (Lipinski definition) is 0. The van der Waals surface area contributed by atoms with Crippen molar-refractivity contribution in [1.82, 2.24) is 0 Å². The maximum Gasteiger partial charge on any atom is 0.313 e. The quantitative estimate of drug-likeness (QED) is 0.695. The van der Waals surface area contributed by atoms with E-state index in [4.69, 9.17) is 9.47 Å². The largest absolute Gasteiger partial charge is 0.497 e. The normalized spacial score (nSPS) is 25.1. The second-order valence-electron chi connectivity index (χ2n) is 3.81. The molecule has 1 heterocycles. The molecule has 0 amide bonds. The van der Waals surface area contributed by atoms with Gasteiger partial charge in [-0.25, -0.2) is 0 Å². The molecule has 2 atom stereocenters. The van der Waals surface area contributed by atoms with Crippen LogP contribution in [0.5, 0.6) is 5.75 Å². The Bertz CT molecular complexity index is 356. The monoisotopic (exact) mass is 206 g/mol. The maximum atomic E-state index is 11.5. The van der Waals surface area contributed by atoms with Gasteiger partial charge in [-0.1, -0.05) is 12.1 Å². The third kappa shape index (κ3) is 1.96. The van der Waals surface area contributed by atoms with Gasteiger partial charge in [0.2, 0.25) is 0 Å². The zero-order valence-corrected chi connectivity index (χ0v) is 8.90. The number of esters is 1. The van der Waals surface area contributed by atoms with E-state index >= 15 is 0 Å². The van der Waals surface area contributed by atoms with Gasteiger partial charge in [0.25, 0.3) is 0 Å². The topological polar surface area (TPSA) is 35.5 Å². The zero-order chi connectivity index (χ0) is 10.8. The molecule has 1 aliphatic rings. The second-order valence-corrected chi connectivity index (χ2v) is 3.81. The zero-order valence-electron chi connectivity index (χ0n) is 8.90. The van der Waals surface area contributed by atoms with Crippen molar-refractivity contribution in [3.05, 3.63) is 29.8 Å². The molecule has 1 aromatic rings. The summed E-state index contributed by atoms with van der Waals surface area (Å²) in [5.74, 6) is 0.580. The second kappa shape index (κ2) is 3.93. The fraction of sp³-hybridized carbons (Fsp3) is 0.417. The molecule has 2 rings (SSSR count). The van der Waals surface area contributed by atoms with E-state index in [-0.39, 0.29) is 18.0 Å². The molecule has 3 heteroatoms. The average molecular weight is 206 g/mol. The van der Waals surface area contributed by atoms with Crippen molar-refractivity contribution in [3.63, 3.8) is 0 Å². The van der Waals surface area contributed by atoms with Crippen molar-refractivity contribution >= 4 is 5.97 Å². The molecule has 1 aromatic carbocycles. The van der Waals surface area contributed by atoms with Gasteiger partial charge in [0, 0.05) is 6.42 Å².